The van der Waals surface area contributed by atoms with E-state index in [-0.39, 0.29) is 23.4 Å². The molecule has 0 bridgehead atoms. The van der Waals surface area contributed by atoms with Crippen LogP contribution in [0.3, 0.4) is 0 Å². The zero-order valence-corrected chi connectivity index (χ0v) is 14.0. The van der Waals surface area contributed by atoms with Gasteiger partial charge < -0.3 is 9.84 Å². The minimum absolute atomic E-state index is 0.145. The first-order valence-electron chi connectivity index (χ1n) is 8.87. The Morgan fingerprint density at radius 2 is 1.73 bits per heavy atom. The Morgan fingerprint density at radius 1 is 1.09 bits per heavy atom. The second kappa shape index (κ2) is 7.47. The van der Waals surface area contributed by atoms with Gasteiger partial charge in [-0.15, -0.1) is 0 Å². The van der Waals surface area contributed by atoms with Gasteiger partial charge in [0.2, 0.25) is 0 Å². The molecular formula is C18H30O4. The number of hydrogen-bond acceptors (Lipinski definition) is 3. The largest absolute Gasteiger partial charge is 0.481 e. The van der Waals surface area contributed by atoms with Gasteiger partial charge in [0.25, 0.3) is 0 Å². The van der Waals surface area contributed by atoms with Crippen LogP contribution in [0.5, 0.6) is 0 Å². The van der Waals surface area contributed by atoms with Crippen LogP contribution in [0.1, 0.15) is 78.1 Å². The second-order valence-corrected chi connectivity index (χ2v) is 7.66. The molecule has 0 spiro atoms. The third-order valence-corrected chi connectivity index (χ3v) is 5.22. The van der Waals surface area contributed by atoms with Gasteiger partial charge in [0.15, 0.2) is 0 Å². The number of esters is 1. The molecule has 126 valence electrons. The number of rotatable bonds is 5. The normalized spacial score (nSPS) is 28.3. The van der Waals surface area contributed by atoms with Crippen LogP contribution in [0, 0.1) is 17.8 Å². The topological polar surface area (TPSA) is 63.6 Å². The summed E-state index contributed by atoms with van der Waals surface area (Å²) < 4.78 is 6.03. The molecule has 0 radical (unpaired) electrons. The molecule has 4 heteroatoms. The first-order chi connectivity index (χ1) is 10.4. The van der Waals surface area contributed by atoms with Gasteiger partial charge in [-0.1, -0.05) is 26.7 Å². The van der Waals surface area contributed by atoms with Gasteiger partial charge in [0, 0.05) is 0 Å². The Bertz CT molecular complexity index is 396. The van der Waals surface area contributed by atoms with Crippen molar-refractivity contribution in [2.24, 2.45) is 17.8 Å². The molecule has 0 aliphatic heterocycles. The third-order valence-electron chi connectivity index (χ3n) is 5.22. The fourth-order valence-electron chi connectivity index (χ4n) is 4.21. The van der Waals surface area contributed by atoms with E-state index in [9.17, 15) is 14.7 Å². The van der Waals surface area contributed by atoms with E-state index in [1.54, 1.807) is 0 Å². The first kappa shape index (κ1) is 17.3. The van der Waals surface area contributed by atoms with E-state index >= 15 is 0 Å². The van der Waals surface area contributed by atoms with Crippen LogP contribution in [0.2, 0.25) is 0 Å². The summed E-state index contributed by atoms with van der Waals surface area (Å²) in [6.07, 6.45) is 9.06. The summed E-state index contributed by atoms with van der Waals surface area (Å²) in [6, 6.07) is 0. The maximum atomic E-state index is 12.6. The Labute approximate surface area is 133 Å². The van der Waals surface area contributed by atoms with E-state index in [2.05, 4.69) is 13.8 Å². The number of carboxylic acid groups (broad SMARTS) is 1. The second-order valence-electron chi connectivity index (χ2n) is 7.66. The van der Waals surface area contributed by atoms with Crippen molar-refractivity contribution in [2.45, 2.75) is 83.7 Å². The molecule has 2 rings (SSSR count). The standard InChI is InChI=1S/C18H30O4/c1-13(2)12-18(9-4-3-5-10-18)22-17(21)15-8-6-7-14(11-15)16(19)20/h13-15H,3-12H2,1-2H3,(H,19,20). The van der Waals surface area contributed by atoms with Crippen molar-refractivity contribution in [2.75, 3.05) is 0 Å². The van der Waals surface area contributed by atoms with Crippen molar-refractivity contribution in [1.82, 2.24) is 0 Å². The lowest BCUT2D eigenvalue weighted by Gasteiger charge is -2.39. The molecule has 4 nitrogen and oxygen atoms in total. The highest BCUT2D eigenvalue weighted by molar-refractivity contribution is 5.76. The minimum Gasteiger partial charge on any atom is -0.481 e. The number of aliphatic carboxylic acids is 1. The maximum absolute atomic E-state index is 12.6. The highest BCUT2D eigenvalue weighted by Gasteiger charge is 2.40. The Hall–Kier alpha value is -1.06. The average Bonchev–Trinajstić information content (AvgIpc) is 2.47. The van der Waals surface area contributed by atoms with E-state index in [4.69, 9.17) is 4.74 Å². The minimum atomic E-state index is -0.771. The summed E-state index contributed by atoms with van der Waals surface area (Å²) in [5.41, 5.74) is -0.292. The smallest absolute Gasteiger partial charge is 0.309 e. The van der Waals surface area contributed by atoms with E-state index in [0.29, 0.717) is 18.8 Å². The Balaban J connectivity index is 1.99. The van der Waals surface area contributed by atoms with Crippen LogP contribution in [-0.4, -0.2) is 22.6 Å². The SMILES string of the molecule is CC(C)CC1(OC(=O)C2CCCC(C(=O)O)C2)CCCCC1. The van der Waals surface area contributed by atoms with Crippen LogP contribution in [0.4, 0.5) is 0 Å². The average molecular weight is 310 g/mol. The molecule has 22 heavy (non-hydrogen) atoms. The first-order valence-corrected chi connectivity index (χ1v) is 8.87. The van der Waals surface area contributed by atoms with Crippen LogP contribution in [-0.2, 0) is 14.3 Å². The summed E-state index contributed by atoms with van der Waals surface area (Å²) in [5.74, 6) is -1.01. The summed E-state index contributed by atoms with van der Waals surface area (Å²) in [4.78, 5) is 23.8. The van der Waals surface area contributed by atoms with Crippen LogP contribution < -0.4 is 0 Å². The molecule has 2 aliphatic rings. The molecule has 0 amide bonds. The summed E-state index contributed by atoms with van der Waals surface area (Å²) in [6.45, 7) is 4.34. The van der Waals surface area contributed by atoms with Gasteiger partial charge in [0.1, 0.15) is 5.60 Å². The highest BCUT2D eigenvalue weighted by Crippen LogP contribution is 2.39. The van der Waals surface area contributed by atoms with E-state index in [1.165, 1.54) is 6.42 Å². The van der Waals surface area contributed by atoms with Gasteiger partial charge in [-0.2, -0.15) is 0 Å². The summed E-state index contributed by atoms with van der Waals surface area (Å²) in [7, 11) is 0. The molecule has 2 atom stereocenters. The molecular weight excluding hydrogens is 280 g/mol. The lowest BCUT2D eigenvalue weighted by Crippen LogP contribution is -2.41. The van der Waals surface area contributed by atoms with Crippen molar-refractivity contribution in [3.63, 3.8) is 0 Å². The van der Waals surface area contributed by atoms with Crippen LogP contribution in [0.25, 0.3) is 0 Å². The van der Waals surface area contributed by atoms with Crippen molar-refractivity contribution < 1.29 is 19.4 Å². The monoisotopic (exact) mass is 310 g/mol. The number of hydrogen-bond donors (Lipinski definition) is 1. The molecule has 2 unspecified atom stereocenters. The lowest BCUT2D eigenvalue weighted by molar-refractivity contribution is -0.172. The Kier molecular flexibility index (Phi) is 5.87. The van der Waals surface area contributed by atoms with Crippen molar-refractivity contribution >= 4 is 11.9 Å². The molecule has 0 aromatic heterocycles. The zero-order chi connectivity index (χ0) is 16.2. The zero-order valence-electron chi connectivity index (χ0n) is 14.0. The molecule has 0 saturated heterocycles. The van der Waals surface area contributed by atoms with Gasteiger partial charge in [-0.3, -0.25) is 9.59 Å². The molecule has 0 aromatic rings. The fraction of sp³-hybridized carbons (Fsp3) is 0.889. The predicted molar refractivity (Wildman–Crippen MR) is 84.4 cm³/mol. The Morgan fingerprint density at radius 3 is 2.32 bits per heavy atom. The molecule has 2 aliphatic carbocycles. The lowest BCUT2D eigenvalue weighted by atomic mass is 9.78. The summed E-state index contributed by atoms with van der Waals surface area (Å²) >= 11 is 0. The van der Waals surface area contributed by atoms with E-state index < -0.39 is 5.97 Å². The van der Waals surface area contributed by atoms with Crippen LogP contribution in [0.15, 0.2) is 0 Å². The molecule has 2 fully saturated rings. The molecule has 2 saturated carbocycles. The number of carboxylic acids is 1. The van der Waals surface area contributed by atoms with Gasteiger partial charge in [0.05, 0.1) is 11.8 Å². The summed E-state index contributed by atoms with van der Waals surface area (Å²) in [5, 5.41) is 9.18. The van der Waals surface area contributed by atoms with E-state index in [0.717, 1.165) is 44.9 Å². The third kappa shape index (κ3) is 4.47. The molecule has 0 aromatic carbocycles. The maximum Gasteiger partial charge on any atom is 0.309 e. The number of carbonyl (C=O) groups excluding carboxylic acids is 1. The van der Waals surface area contributed by atoms with E-state index in [1.807, 2.05) is 0 Å². The van der Waals surface area contributed by atoms with Crippen molar-refractivity contribution in [1.29, 1.82) is 0 Å². The highest BCUT2D eigenvalue weighted by atomic mass is 16.6. The number of carbonyl (C=O) groups is 2. The fourth-order valence-corrected chi connectivity index (χ4v) is 4.21. The van der Waals surface area contributed by atoms with Crippen LogP contribution >= 0.6 is 0 Å². The van der Waals surface area contributed by atoms with Crippen molar-refractivity contribution in [3.8, 4) is 0 Å². The van der Waals surface area contributed by atoms with Gasteiger partial charge in [-0.25, -0.2) is 0 Å². The molecule has 1 N–H and O–H groups in total. The number of ether oxygens (including phenoxy) is 1. The van der Waals surface area contributed by atoms with Gasteiger partial charge >= 0.3 is 11.9 Å². The van der Waals surface area contributed by atoms with Gasteiger partial charge in [-0.05, 0) is 57.3 Å². The molecule has 0 heterocycles. The quantitative estimate of drug-likeness (QED) is 0.774. The predicted octanol–water partition coefficient (Wildman–Crippen LogP) is 4.17. The van der Waals surface area contributed by atoms with Crippen molar-refractivity contribution in [3.05, 3.63) is 0 Å².